The van der Waals surface area contributed by atoms with Gasteiger partial charge in [-0.25, -0.2) is 8.42 Å². The van der Waals surface area contributed by atoms with Gasteiger partial charge in [0, 0.05) is 79.0 Å². The van der Waals surface area contributed by atoms with E-state index in [0.717, 1.165) is 35.3 Å². The van der Waals surface area contributed by atoms with E-state index >= 15 is 0 Å². The molecule has 0 N–H and O–H groups in total. The van der Waals surface area contributed by atoms with E-state index < -0.39 is 9.84 Å². The normalized spacial score (nSPS) is 11.5. The van der Waals surface area contributed by atoms with Gasteiger partial charge >= 0.3 is 0 Å². The van der Waals surface area contributed by atoms with E-state index in [0.29, 0.717) is 0 Å². The number of sulfone groups is 1. The first kappa shape index (κ1) is 30.3. The quantitative estimate of drug-likeness (QED) is 0.178. The average Bonchev–Trinajstić information content (AvgIpc) is 3.64. The number of hydrogen-bond donors (Lipinski definition) is 0. The monoisotopic (exact) mass is 652 g/mol. The van der Waals surface area contributed by atoms with E-state index in [1.807, 2.05) is 12.1 Å². The van der Waals surface area contributed by atoms with Crippen molar-refractivity contribution < 1.29 is 8.42 Å². The Balaban J connectivity index is 1.00. The van der Waals surface area contributed by atoms with Gasteiger partial charge in [0.15, 0.2) is 0 Å². The summed E-state index contributed by atoms with van der Waals surface area (Å²) in [6, 6.07) is 43.0. The van der Waals surface area contributed by atoms with Gasteiger partial charge in [0.25, 0.3) is 0 Å². The lowest BCUT2D eigenvalue weighted by Gasteiger charge is -2.05. The maximum absolute atomic E-state index is 13.5. The first-order valence-corrected chi connectivity index (χ1v) is 17.9. The van der Waals surface area contributed by atoms with E-state index in [4.69, 9.17) is 0 Å². The van der Waals surface area contributed by atoms with Gasteiger partial charge < -0.3 is 9.13 Å². The number of rotatable bonds is 4. The van der Waals surface area contributed by atoms with E-state index in [-0.39, 0.29) is 9.79 Å². The summed E-state index contributed by atoms with van der Waals surface area (Å²) in [5.74, 6) is 12.9. The van der Waals surface area contributed by atoms with E-state index in [2.05, 4.69) is 119 Å². The number of para-hydroxylation sites is 2. The molecular formula is C44H32N2O2S. The first-order valence-electron chi connectivity index (χ1n) is 16.5. The summed E-state index contributed by atoms with van der Waals surface area (Å²) in [4.78, 5) is 0.454. The molecule has 0 fully saturated rings. The smallest absolute Gasteiger partial charge is 0.206 e. The number of hydrogen-bond acceptors (Lipinski definition) is 2. The topological polar surface area (TPSA) is 44.0 Å². The van der Waals surface area contributed by atoms with Gasteiger partial charge in [-0.05, 0) is 111 Å². The molecule has 2 heterocycles. The van der Waals surface area contributed by atoms with E-state index in [1.165, 1.54) is 43.6 Å². The SMILES string of the molecule is CCn1c2ccccc2c2cc(C#Cc3ccc(S(=O)(=O)c4ccc(C#Cc5ccc6c(c5)c5ccccc5n6CC)cc4)cc3)ccc21. The van der Waals surface area contributed by atoms with Gasteiger partial charge in [0.1, 0.15) is 0 Å². The van der Waals surface area contributed by atoms with Crippen molar-refractivity contribution in [3.05, 3.63) is 156 Å². The van der Waals surface area contributed by atoms with Crippen LogP contribution in [0.1, 0.15) is 36.1 Å². The van der Waals surface area contributed by atoms with Crippen molar-refractivity contribution in [3.63, 3.8) is 0 Å². The molecule has 0 unspecified atom stereocenters. The zero-order chi connectivity index (χ0) is 33.5. The molecule has 0 aliphatic heterocycles. The van der Waals surface area contributed by atoms with Crippen molar-refractivity contribution in [1.29, 1.82) is 0 Å². The molecule has 49 heavy (non-hydrogen) atoms. The van der Waals surface area contributed by atoms with Crippen molar-refractivity contribution in [2.45, 2.75) is 36.7 Å². The fraction of sp³-hybridized carbons (Fsp3) is 0.0909. The van der Waals surface area contributed by atoms with Crippen LogP contribution in [0.5, 0.6) is 0 Å². The molecule has 8 rings (SSSR count). The van der Waals surface area contributed by atoms with Crippen LogP contribution in [-0.2, 0) is 22.9 Å². The largest absolute Gasteiger partial charge is 0.341 e. The summed E-state index contributed by atoms with van der Waals surface area (Å²) in [6.07, 6.45) is 0. The van der Waals surface area contributed by atoms with Crippen molar-refractivity contribution in [2.75, 3.05) is 0 Å². The predicted molar refractivity (Wildman–Crippen MR) is 201 cm³/mol. The van der Waals surface area contributed by atoms with Gasteiger partial charge in [-0.2, -0.15) is 0 Å². The summed E-state index contributed by atoms with van der Waals surface area (Å²) in [5.41, 5.74) is 8.14. The fourth-order valence-corrected chi connectivity index (χ4v) is 8.06. The molecule has 4 nitrogen and oxygen atoms in total. The third-order valence-corrected chi connectivity index (χ3v) is 11.0. The molecule has 0 saturated carbocycles. The fourth-order valence-electron chi connectivity index (χ4n) is 6.80. The molecule has 2 aromatic heterocycles. The molecule has 236 valence electrons. The Kier molecular flexibility index (Phi) is 7.56. The zero-order valence-electron chi connectivity index (χ0n) is 27.2. The van der Waals surface area contributed by atoms with Crippen molar-refractivity contribution >= 4 is 53.4 Å². The van der Waals surface area contributed by atoms with Crippen LogP contribution in [0, 0.1) is 23.7 Å². The molecule has 0 saturated heterocycles. The zero-order valence-corrected chi connectivity index (χ0v) is 28.1. The Hall–Kier alpha value is -6.01. The Bertz CT molecular complexity index is 2610. The average molecular weight is 653 g/mol. The summed E-state index contributed by atoms with van der Waals surface area (Å²) in [6.45, 7) is 6.10. The highest BCUT2D eigenvalue weighted by atomic mass is 32.2. The lowest BCUT2D eigenvalue weighted by atomic mass is 10.1. The van der Waals surface area contributed by atoms with E-state index in [9.17, 15) is 8.42 Å². The second kappa shape index (κ2) is 12.2. The van der Waals surface area contributed by atoms with Gasteiger partial charge in [0.2, 0.25) is 9.84 Å². The summed E-state index contributed by atoms with van der Waals surface area (Å²) < 4.78 is 31.5. The summed E-state index contributed by atoms with van der Waals surface area (Å²) in [7, 11) is -3.70. The molecule has 0 radical (unpaired) electrons. The third-order valence-electron chi connectivity index (χ3n) is 9.21. The standard InChI is InChI=1S/C44H32N2O2S/c1-3-45-41-11-7-5-9-37(41)39-29-33(21-27-43(39)45)15-13-31-17-23-35(24-18-31)49(47,48)36-25-19-32(20-26-36)14-16-34-22-28-44-40(30-34)38-10-6-8-12-42(38)46(44)4-2/h5-12,17-30H,3-4H2,1-2H3. The van der Waals surface area contributed by atoms with Crippen LogP contribution in [0.4, 0.5) is 0 Å². The molecule has 0 aliphatic carbocycles. The number of aryl methyl sites for hydroxylation is 2. The molecule has 6 aromatic carbocycles. The maximum atomic E-state index is 13.5. The molecular weight excluding hydrogens is 621 g/mol. The highest BCUT2D eigenvalue weighted by Gasteiger charge is 2.17. The number of benzene rings is 6. The van der Waals surface area contributed by atoms with Gasteiger partial charge in [-0.3, -0.25) is 0 Å². The Morgan fingerprint density at radius 3 is 1.18 bits per heavy atom. The van der Waals surface area contributed by atoms with Crippen LogP contribution in [0.2, 0.25) is 0 Å². The highest BCUT2D eigenvalue weighted by molar-refractivity contribution is 7.91. The Labute approximate surface area is 286 Å². The number of aromatic nitrogens is 2. The minimum Gasteiger partial charge on any atom is -0.341 e. The van der Waals surface area contributed by atoms with Crippen molar-refractivity contribution in [1.82, 2.24) is 9.13 Å². The molecule has 0 atom stereocenters. The molecule has 0 aliphatic rings. The summed E-state index contributed by atoms with van der Waals surface area (Å²) in [5, 5.41) is 4.79. The van der Waals surface area contributed by atoms with Crippen LogP contribution < -0.4 is 0 Å². The molecule has 0 spiro atoms. The summed E-state index contributed by atoms with van der Waals surface area (Å²) >= 11 is 0. The molecule has 8 aromatic rings. The first-order chi connectivity index (χ1) is 23.9. The van der Waals surface area contributed by atoms with E-state index in [1.54, 1.807) is 48.5 Å². The number of fused-ring (bicyclic) bond motifs is 6. The lowest BCUT2D eigenvalue weighted by molar-refractivity contribution is 0.596. The van der Waals surface area contributed by atoms with Crippen molar-refractivity contribution in [3.8, 4) is 23.7 Å². The predicted octanol–water partition coefficient (Wildman–Crippen LogP) is 9.57. The third kappa shape index (κ3) is 5.35. The molecule has 5 heteroatoms. The minimum absolute atomic E-state index is 0.227. The highest BCUT2D eigenvalue weighted by Crippen LogP contribution is 2.31. The second-order valence-electron chi connectivity index (χ2n) is 12.0. The Morgan fingerprint density at radius 1 is 0.429 bits per heavy atom. The lowest BCUT2D eigenvalue weighted by Crippen LogP contribution is -2.01. The van der Waals surface area contributed by atoms with Crippen LogP contribution >= 0.6 is 0 Å². The molecule has 0 bridgehead atoms. The second-order valence-corrected chi connectivity index (χ2v) is 14.0. The van der Waals surface area contributed by atoms with Crippen LogP contribution in [-0.4, -0.2) is 17.6 Å². The maximum Gasteiger partial charge on any atom is 0.206 e. The minimum atomic E-state index is -3.70. The van der Waals surface area contributed by atoms with Gasteiger partial charge in [0.05, 0.1) is 9.79 Å². The van der Waals surface area contributed by atoms with Crippen molar-refractivity contribution in [2.24, 2.45) is 0 Å². The van der Waals surface area contributed by atoms with Crippen LogP contribution in [0.15, 0.2) is 143 Å². The number of nitrogens with zero attached hydrogens (tertiary/aromatic N) is 2. The van der Waals surface area contributed by atoms with Gasteiger partial charge in [-0.15, -0.1) is 0 Å². The van der Waals surface area contributed by atoms with Crippen LogP contribution in [0.3, 0.4) is 0 Å². The van der Waals surface area contributed by atoms with Gasteiger partial charge in [-0.1, -0.05) is 60.1 Å². The van der Waals surface area contributed by atoms with Crippen LogP contribution in [0.25, 0.3) is 43.6 Å². The molecule has 0 amide bonds. The Morgan fingerprint density at radius 2 is 0.776 bits per heavy atom.